The second kappa shape index (κ2) is 5.21. The first-order valence-corrected chi connectivity index (χ1v) is 4.56. The van der Waals surface area contributed by atoms with Crippen molar-refractivity contribution in [3.05, 3.63) is 39.9 Å². The van der Waals surface area contributed by atoms with Crippen LogP contribution in [0.2, 0.25) is 0 Å². The molecule has 0 radical (unpaired) electrons. The van der Waals surface area contributed by atoms with Crippen molar-refractivity contribution in [3.8, 4) is 5.75 Å². The summed E-state index contributed by atoms with van der Waals surface area (Å²) < 4.78 is 5.25. The van der Waals surface area contributed by atoms with Gasteiger partial charge in [0.05, 0.1) is 6.61 Å². The summed E-state index contributed by atoms with van der Waals surface area (Å²) in [7, 11) is 0. The first-order valence-electron chi connectivity index (χ1n) is 4.56. The van der Waals surface area contributed by atoms with E-state index in [1.165, 1.54) is 0 Å². The zero-order valence-electron chi connectivity index (χ0n) is 8.10. The van der Waals surface area contributed by atoms with Crippen molar-refractivity contribution in [2.45, 2.75) is 13.3 Å². The van der Waals surface area contributed by atoms with E-state index >= 15 is 0 Å². The summed E-state index contributed by atoms with van der Waals surface area (Å²) in [6.45, 7) is 2.53. The summed E-state index contributed by atoms with van der Waals surface area (Å²) in [4.78, 5) is 9.81. The zero-order chi connectivity index (χ0) is 10.4. The maximum Gasteiger partial charge on any atom is 0.207 e. The number of rotatable bonds is 5. The SMILES string of the molecule is CCOc1ccc(CC[N+](=O)[O-])cc1. The molecule has 0 bridgehead atoms. The quantitative estimate of drug-likeness (QED) is 0.532. The fourth-order valence-electron chi connectivity index (χ4n) is 1.14. The molecule has 1 rings (SSSR count). The molecule has 0 aliphatic rings. The molecule has 0 N–H and O–H groups in total. The van der Waals surface area contributed by atoms with E-state index < -0.39 is 0 Å². The first-order chi connectivity index (χ1) is 6.72. The predicted octanol–water partition coefficient (Wildman–Crippen LogP) is 1.90. The smallest absolute Gasteiger partial charge is 0.207 e. The lowest BCUT2D eigenvalue weighted by atomic mass is 10.1. The summed E-state index contributed by atoms with van der Waals surface area (Å²) in [6.07, 6.45) is 0.472. The Balaban J connectivity index is 2.50. The molecule has 4 heteroatoms. The van der Waals surface area contributed by atoms with Crippen molar-refractivity contribution in [2.75, 3.05) is 13.2 Å². The molecule has 0 saturated carbocycles. The molecule has 0 saturated heterocycles. The van der Waals surface area contributed by atoms with Gasteiger partial charge >= 0.3 is 0 Å². The number of nitro groups is 1. The lowest BCUT2D eigenvalue weighted by Crippen LogP contribution is -2.03. The van der Waals surface area contributed by atoms with Gasteiger partial charge in [0, 0.05) is 11.3 Å². The van der Waals surface area contributed by atoms with Crippen LogP contribution < -0.4 is 4.74 Å². The van der Waals surface area contributed by atoms with Crippen LogP contribution in [-0.2, 0) is 6.42 Å². The van der Waals surface area contributed by atoms with Crippen LogP contribution in [0.15, 0.2) is 24.3 Å². The number of benzene rings is 1. The van der Waals surface area contributed by atoms with Crippen LogP contribution in [0.4, 0.5) is 0 Å². The van der Waals surface area contributed by atoms with Crippen molar-refractivity contribution in [2.24, 2.45) is 0 Å². The van der Waals surface area contributed by atoms with Gasteiger partial charge < -0.3 is 4.74 Å². The van der Waals surface area contributed by atoms with Crippen LogP contribution in [0.25, 0.3) is 0 Å². The highest BCUT2D eigenvalue weighted by Gasteiger charge is 1.99. The maximum absolute atomic E-state index is 10.1. The van der Waals surface area contributed by atoms with Gasteiger partial charge in [0.1, 0.15) is 5.75 Å². The second-order valence-corrected chi connectivity index (χ2v) is 2.88. The van der Waals surface area contributed by atoms with Crippen molar-refractivity contribution in [1.82, 2.24) is 0 Å². The molecule has 0 spiro atoms. The van der Waals surface area contributed by atoms with Gasteiger partial charge in [0.2, 0.25) is 6.54 Å². The summed E-state index contributed by atoms with van der Waals surface area (Å²) in [6, 6.07) is 7.38. The minimum atomic E-state index is -0.309. The Morgan fingerprint density at radius 2 is 2.00 bits per heavy atom. The molecule has 76 valence electrons. The molecular formula is C10H13NO3. The Morgan fingerprint density at radius 3 is 2.50 bits per heavy atom. The third kappa shape index (κ3) is 3.43. The molecule has 0 atom stereocenters. The van der Waals surface area contributed by atoms with E-state index in [2.05, 4.69) is 0 Å². The summed E-state index contributed by atoms with van der Waals surface area (Å²) in [5.41, 5.74) is 0.963. The van der Waals surface area contributed by atoms with Crippen LogP contribution in [0.3, 0.4) is 0 Å². The van der Waals surface area contributed by atoms with Crippen LogP contribution in [0.1, 0.15) is 12.5 Å². The molecule has 14 heavy (non-hydrogen) atoms. The lowest BCUT2D eigenvalue weighted by molar-refractivity contribution is -0.479. The highest BCUT2D eigenvalue weighted by molar-refractivity contribution is 5.27. The van der Waals surface area contributed by atoms with E-state index in [0.29, 0.717) is 13.0 Å². The van der Waals surface area contributed by atoms with Gasteiger partial charge in [-0.1, -0.05) is 12.1 Å². The van der Waals surface area contributed by atoms with E-state index in [-0.39, 0.29) is 11.5 Å². The minimum absolute atomic E-state index is 0.0199. The molecule has 0 unspecified atom stereocenters. The number of hydrogen-bond acceptors (Lipinski definition) is 3. The molecule has 1 aromatic carbocycles. The fourth-order valence-corrected chi connectivity index (χ4v) is 1.14. The Bertz CT molecular complexity index is 295. The number of hydrogen-bond donors (Lipinski definition) is 0. The molecule has 0 aliphatic carbocycles. The van der Waals surface area contributed by atoms with Crippen molar-refractivity contribution in [1.29, 1.82) is 0 Å². The standard InChI is InChI=1S/C10H13NO3/c1-2-14-10-5-3-9(4-6-10)7-8-11(12)13/h3-6H,2,7-8H2,1H3. The summed E-state index contributed by atoms with van der Waals surface area (Å²) >= 11 is 0. The predicted molar refractivity (Wildman–Crippen MR) is 53.2 cm³/mol. The summed E-state index contributed by atoms with van der Waals surface area (Å²) in [5, 5.41) is 10.1. The minimum Gasteiger partial charge on any atom is -0.494 e. The number of nitrogens with zero attached hydrogens (tertiary/aromatic N) is 1. The van der Waals surface area contributed by atoms with Crippen LogP contribution >= 0.6 is 0 Å². The molecule has 0 fully saturated rings. The Hall–Kier alpha value is -1.58. The average molecular weight is 195 g/mol. The topological polar surface area (TPSA) is 52.4 Å². The van der Waals surface area contributed by atoms with Crippen molar-refractivity contribution < 1.29 is 9.66 Å². The van der Waals surface area contributed by atoms with E-state index in [0.717, 1.165) is 11.3 Å². The van der Waals surface area contributed by atoms with E-state index in [9.17, 15) is 10.1 Å². The highest BCUT2D eigenvalue weighted by Crippen LogP contribution is 2.12. The zero-order valence-corrected chi connectivity index (χ0v) is 8.10. The van der Waals surface area contributed by atoms with E-state index in [1.54, 1.807) is 0 Å². The van der Waals surface area contributed by atoms with Gasteiger partial charge in [-0.25, -0.2) is 0 Å². The van der Waals surface area contributed by atoms with Crippen LogP contribution in [0.5, 0.6) is 5.75 Å². The summed E-state index contributed by atoms with van der Waals surface area (Å²) in [5.74, 6) is 0.803. The van der Waals surface area contributed by atoms with Gasteiger partial charge in [-0.05, 0) is 24.6 Å². The highest BCUT2D eigenvalue weighted by atomic mass is 16.6. The molecular weight excluding hydrogens is 182 g/mol. The van der Waals surface area contributed by atoms with Crippen LogP contribution in [0, 0.1) is 10.1 Å². The van der Waals surface area contributed by atoms with Gasteiger partial charge in [0.25, 0.3) is 0 Å². The molecule has 4 nitrogen and oxygen atoms in total. The fraction of sp³-hybridized carbons (Fsp3) is 0.400. The number of ether oxygens (including phenoxy) is 1. The average Bonchev–Trinajstić information content (AvgIpc) is 2.17. The van der Waals surface area contributed by atoms with Gasteiger partial charge in [-0.15, -0.1) is 0 Å². The normalized spacial score (nSPS) is 9.79. The van der Waals surface area contributed by atoms with Gasteiger partial charge in [-0.3, -0.25) is 10.1 Å². The monoisotopic (exact) mass is 195 g/mol. The van der Waals surface area contributed by atoms with Crippen molar-refractivity contribution >= 4 is 0 Å². The van der Waals surface area contributed by atoms with Crippen LogP contribution in [-0.4, -0.2) is 18.1 Å². The van der Waals surface area contributed by atoms with E-state index in [1.807, 2.05) is 31.2 Å². The molecule has 0 heterocycles. The largest absolute Gasteiger partial charge is 0.494 e. The third-order valence-corrected chi connectivity index (χ3v) is 1.82. The third-order valence-electron chi connectivity index (χ3n) is 1.82. The van der Waals surface area contributed by atoms with Gasteiger partial charge in [-0.2, -0.15) is 0 Å². The van der Waals surface area contributed by atoms with Crippen molar-refractivity contribution in [3.63, 3.8) is 0 Å². The Labute approximate surface area is 82.7 Å². The maximum atomic E-state index is 10.1. The van der Waals surface area contributed by atoms with E-state index in [4.69, 9.17) is 4.74 Å². The molecule has 0 aliphatic heterocycles. The Morgan fingerprint density at radius 1 is 1.36 bits per heavy atom. The molecule has 0 aromatic heterocycles. The molecule has 0 amide bonds. The molecule has 1 aromatic rings. The Kier molecular flexibility index (Phi) is 3.91. The second-order valence-electron chi connectivity index (χ2n) is 2.88. The lowest BCUT2D eigenvalue weighted by Gasteiger charge is -2.03. The first kappa shape index (κ1) is 10.5. The van der Waals surface area contributed by atoms with Gasteiger partial charge in [0.15, 0.2) is 0 Å².